The third-order valence-corrected chi connectivity index (χ3v) is 10.7. The Morgan fingerprint density at radius 2 is 1.85 bits per heavy atom. The second-order valence-corrected chi connectivity index (χ2v) is 13.6. The fraction of sp³-hybridized carbons (Fsp3) is 0.724. The molecule has 0 aromatic carbocycles. The summed E-state index contributed by atoms with van der Waals surface area (Å²) in [6.45, 7) is 8.67. The van der Waals surface area contributed by atoms with E-state index in [1.807, 2.05) is 13.8 Å². The molecule has 7 heterocycles. The molecule has 0 radical (unpaired) electrons. The Kier molecular flexibility index (Phi) is 4.95. The van der Waals surface area contributed by atoms with E-state index < -0.39 is 81.5 Å². The molecule has 0 unspecified atom stereocenters. The third-order valence-electron chi connectivity index (χ3n) is 10.7. The third kappa shape index (κ3) is 2.87. The van der Waals surface area contributed by atoms with Crippen LogP contribution in [0.3, 0.4) is 0 Å². The van der Waals surface area contributed by atoms with Crippen LogP contribution in [0, 0.1) is 23.2 Å². The van der Waals surface area contributed by atoms with Crippen LogP contribution in [0.25, 0.3) is 0 Å². The molecular formula is C29H34O11. The molecule has 0 saturated carbocycles. The Labute approximate surface area is 230 Å². The smallest absolute Gasteiger partial charge is 0.339 e. The van der Waals surface area contributed by atoms with Crippen molar-refractivity contribution in [2.24, 2.45) is 23.2 Å². The van der Waals surface area contributed by atoms with E-state index in [9.17, 15) is 29.4 Å². The molecule has 7 aliphatic rings. The maximum Gasteiger partial charge on any atom is 0.339 e. The van der Waals surface area contributed by atoms with Crippen molar-refractivity contribution in [1.29, 1.82) is 0 Å². The van der Waals surface area contributed by atoms with Gasteiger partial charge in [0.25, 0.3) is 0 Å². The Bertz CT molecular complexity index is 1350. The summed E-state index contributed by atoms with van der Waals surface area (Å²) in [6.07, 6.45) is 1.49. The average Bonchev–Trinajstić information content (AvgIpc) is 3.50. The Hall–Kier alpha value is -2.44. The predicted octanol–water partition coefficient (Wildman–Crippen LogP) is 1.38. The first-order valence-corrected chi connectivity index (χ1v) is 14.0. The van der Waals surface area contributed by atoms with Crippen molar-refractivity contribution in [3.63, 3.8) is 0 Å². The lowest BCUT2D eigenvalue weighted by Crippen LogP contribution is -2.73. The summed E-state index contributed by atoms with van der Waals surface area (Å²) in [4.78, 5) is 52.3. The molecule has 0 aromatic heterocycles. The molecule has 11 heteroatoms. The lowest BCUT2D eigenvalue weighted by atomic mass is 9.63. The standard InChI is InChI=1S/C29H34O11/c1-13(8-15-9-14(2)23(33)36-15)21(31)25(5)6-7-26-20(22(32)27(34,12-25)40-26)16-10-17-24(3,4)38-18-11-19(30)39-28(17,18)29(26,35)37-16/h8-9,13,16-18,20,34-35H,6-7,10-12H2,1-5H3/b15-8+/t13-,16-,17-,18+,20-,25-,26+,27-,28+,29-/m0/s1. The summed E-state index contributed by atoms with van der Waals surface area (Å²) in [5.74, 6) is -8.54. The van der Waals surface area contributed by atoms with Gasteiger partial charge in [0.05, 0.1) is 24.0 Å². The van der Waals surface area contributed by atoms with E-state index in [1.54, 1.807) is 32.9 Å². The van der Waals surface area contributed by atoms with Gasteiger partial charge in [0.2, 0.25) is 23.0 Å². The van der Waals surface area contributed by atoms with Crippen LogP contribution < -0.4 is 0 Å². The molecule has 6 saturated heterocycles. The zero-order valence-corrected chi connectivity index (χ0v) is 23.1. The van der Waals surface area contributed by atoms with Crippen LogP contribution in [0.4, 0.5) is 0 Å². The highest BCUT2D eigenvalue weighted by atomic mass is 16.7. The molecule has 2 N–H and O–H groups in total. The number of carbonyl (C=O) groups is 4. The van der Waals surface area contributed by atoms with Crippen molar-refractivity contribution in [2.45, 2.75) is 107 Å². The second kappa shape index (κ2) is 7.49. The maximum atomic E-state index is 14.0. The van der Waals surface area contributed by atoms with Crippen LogP contribution in [0.5, 0.6) is 0 Å². The molecule has 0 aliphatic carbocycles. The number of aliphatic hydroxyl groups is 2. The SMILES string of the molecule is CC1=C/C(=C\[C@H](C)C(=O)[C@@]2(C)CC[C@@]34O[C@@](O)(C2)C(=O)[C@@H]3[C@@H]2C[C@H]3C(C)(C)O[C@@H]5CC(=O)O[C@@]53[C@@]4(O)O2)OC1=O. The Morgan fingerprint density at radius 3 is 2.52 bits per heavy atom. The molecule has 0 amide bonds. The van der Waals surface area contributed by atoms with Crippen molar-refractivity contribution in [2.75, 3.05) is 0 Å². The van der Waals surface area contributed by atoms with Gasteiger partial charge in [-0.05, 0) is 52.2 Å². The highest BCUT2D eigenvalue weighted by Crippen LogP contribution is 2.72. The number of esters is 2. The van der Waals surface area contributed by atoms with Crippen LogP contribution in [-0.2, 0) is 42.9 Å². The minimum atomic E-state index is -2.36. The van der Waals surface area contributed by atoms with E-state index in [0.717, 1.165) is 0 Å². The van der Waals surface area contributed by atoms with Crippen molar-refractivity contribution in [3.05, 3.63) is 23.5 Å². The molecule has 11 nitrogen and oxygen atoms in total. The van der Waals surface area contributed by atoms with Gasteiger partial charge in [-0.25, -0.2) is 4.79 Å². The molecule has 216 valence electrons. The molecule has 7 rings (SSSR count). The first-order valence-electron chi connectivity index (χ1n) is 14.0. The topological polar surface area (TPSA) is 155 Å². The van der Waals surface area contributed by atoms with Gasteiger partial charge >= 0.3 is 11.9 Å². The Morgan fingerprint density at radius 1 is 1.12 bits per heavy atom. The van der Waals surface area contributed by atoms with Crippen LogP contribution in [0.2, 0.25) is 0 Å². The van der Waals surface area contributed by atoms with E-state index in [4.69, 9.17) is 23.7 Å². The van der Waals surface area contributed by atoms with Crippen LogP contribution in [0.15, 0.2) is 23.5 Å². The van der Waals surface area contributed by atoms with Gasteiger partial charge in [0.1, 0.15) is 23.2 Å². The minimum absolute atomic E-state index is 0.00257. The molecule has 4 bridgehead atoms. The van der Waals surface area contributed by atoms with Gasteiger partial charge in [-0.2, -0.15) is 0 Å². The minimum Gasteiger partial charge on any atom is -0.450 e. The number of cyclic esters (lactones) is 1. The van der Waals surface area contributed by atoms with Gasteiger partial charge in [-0.1, -0.05) is 13.8 Å². The first kappa shape index (κ1) is 26.5. The largest absolute Gasteiger partial charge is 0.450 e. The number of carbonyl (C=O) groups excluding carboxylic acids is 4. The van der Waals surface area contributed by atoms with Crippen molar-refractivity contribution in [1.82, 2.24) is 0 Å². The van der Waals surface area contributed by atoms with Gasteiger partial charge in [-0.3, -0.25) is 14.4 Å². The normalized spacial score (nSPS) is 51.5. The predicted molar refractivity (Wildman–Crippen MR) is 132 cm³/mol. The summed E-state index contributed by atoms with van der Waals surface area (Å²) in [7, 11) is 0. The van der Waals surface area contributed by atoms with E-state index in [-0.39, 0.29) is 43.6 Å². The van der Waals surface area contributed by atoms with Crippen molar-refractivity contribution in [3.8, 4) is 0 Å². The number of rotatable bonds is 3. The van der Waals surface area contributed by atoms with E-state index in [0.29, 0.717) is 5.57 Å². The van der Waals surface area contributed by atoms with Gasteiger partial charge in [0, 0.05) is 29.2 Å². The molecule has 40 heavy (non-hydrogen) atoms. The number of ether oxygens (including phenoxy) is 5. The summed E-state index contributed by atoms with van der Waals surface area (Å²) in [5, 5.41) is 24.3. The first-order chi connectivity index (χ1) is 18.5. The summed E-state index contributed by atoms with van der Waals surface area (Å²) < 4.78 is 29.9. The zero-order valence-electron chi connectivity index (χ0n) is 23.1. The molecule has 6 fully saturated rings. The molecule has 7 aliphatic heterocycles. The zero-order chi connectivity index (χ0) is 28.8. The second-order valence-electron chi connectivity index (χ2n) is 13.6. The molecule has 2 spiro atoms. The molecule has 10 atom stereocenters. The van der Waals surface area contributed by atoms with Gasteiger partial charge in [-0.15, -0.1) is 0 Å². The lowest BCUT2D eigenvalue weighted by molar-refractivity contribution is -0.389. The van der Waals surface area contributed by atoms with E-state index >= 15 is 0 Å². The summed E-state index contributed by atoms with van der Waals surface area (Å²) in [6, 6.07) is 0. The number of ketones is 2. The average molecular weight is 559 g/mol. The quantitative estimate of drug-likeness (QED) is 0.483. The van der Waals surface area contributed by atoms with Crippen LogP contribution >= 0.6 is 0 Å². The van der Waals surface area contributed by atoms with Crippen molar-refractivity contribution >= 4 is 23.5 Å². The fourth-order valence-corrected chi connectivity index (χ4v) is 9.05. The molecule has 0 aromatic rings. The van der Waals surface area contributed by atoms with Crippen molar-refractivity contribution < 1.29 is 53.1 Å². The van der Waals surface area contributed by atoms with E-state index in [1.165, 1.54) is 0 Å². The summed E-state index contributed by atoms with van der Waals surface area (Å²) >= 11 is 0. The number of Topliss-reactive ketones (excluding diaryl/α,β-unsaturated/α-hetero) is 2. The Balaban J connectivity index is 1.28. The van der Waals surface area contributed by atoms with Gasteiger partial charge < -0.3 is 33.9 Å². The van der Waals surface area contributed by atoms with Crippen LogP contribution in [0.1, 0.15) is 66.7 Å². The number of fused-ring (bicyclic) bond motifs is 4. The highest BCUT2D eigenvalue weighted by Gasteiger charge is 2.91. The summed E-state index contributed by atoms with van der Waals surface area (Å²) in [5.41, 5.74) is -5.00. The number of allylic oxidation sites excluding steroid dienone is 2. The van der Waals surface area contributed by atoms with Crippen LogP contribution in [-0.4, -0.2) is 74.3 Å². The fourth-order valence-electron chi connectivity index (χ4n) is 9.05. The number of hydrogen-bond acceptors (Lipinski definition) is 11. The van der Waals surface area contributed by atoms with E-state index in [2.05, 4.69) is 0 Å². The molecular weight excluding hydrogens is 524 g/mol. The monoisotopic (exact) mass is 558 g/mol. The number of hydrogen-bond donors (Lipinski definition) is 2. The van der Waals surface area contributed by atoms with Gasteiger partial charge in [0.15, 0.2) is 0 Å². The maximum absolute atomic E-state index is 14.0. The highest BCUT2D eigenvalue weighted by molar-refractivity contribution is 5.96. The lowest BCUT2D eigenvalue weighted by Gasteiger charge is -2.52.